The van der Waals surface area contributed by atoms with Crippen LogP contribution in [0.15, 0.2) is 24.3 Å². The zero-order chi connectivity index (χ0) is 15.3. The third-order valence-electron chi connectivity index (χ3n) is 3.04. The van der Waals surface area contributed by atoms with Crippen molar-refractivity contribution in [2.45, 2.75) is 32.1 Å². The average Bonchev–Trinajstić information content (AvgIpc) is 2.38. The monoisotopic (exact) mass is 295 g/mol. The Balaban J connectivity index is 2.51. The number of nitrogens with zero attached hydrogens (tertiary/aromatic N) is 1. The molecule has 0 aliphatic rings. The summed E-state index contributed by atoms with van der Waals surface area (Å²) in [5.74, 6) is -0.803. The van der Waals surface area contributed by atoms with E-state index in [0.717, 1.165) is 17.3 Å². The Morgan fingerprint density at radius 3 is 2.30 bits per heavy atom. The maximum absolute atomic E-state index is 12.0. The van der Waals surface area contributed by atoms with Gasteiger partial charge in [-0.2, -0.15) is 0 Å². The Bertz CT molecular complexity index is 482. The molecule has 1 aromatic carbocycles. The van der Waals surface area contributed by atoms with Gasteiger partial charge in [0, 0.05) is 13.6 Å². The second-order valence-corrected chi connectivity index (χ2v) is 6.94. The molecule has 20 heavy (non-hydrogen) atoms. The molecule has 0 heterocycles. The normalized spacial score (nSPS) is 11.2. The summed E-state index contributed by atoms with van der Waals surface area (Å²) in [5.41, 5.74) is 2.25. The summed E-state index contributed by atoms with van der Waals surface area (Å²) in [5, 5.41) is 9.01. The molecule has 1 aromatic rings. The van der Waals surface area contributed by atoms with Gasteiger partial charge in [0.05, 0.1) is 5.75 Å². The molecule has 110 valence electrons. The lowest BCUT2D eigenvalue weighted by atomic mass is 10.1. The molecule has 0 radical (unpaired) electrons. The molecular weight excluding hydrogens is 274 g/mol. The maximum atomic E-state index is 12.0. The van der Waals surface area contributed by atoms with Crippen molar-refractivity contribution in [1.82, 2.24) is 4.90 Å². The van der Waals surface area contributed by atoms with Crippen LogP contribution in [0, 0.1) is 6.92 Å². The van der Waals surface area contributed by atoms with Crippen molar-refractivity contribution >= 4 is 23.6 Å². The van der Waals surface area contributed by atoms with Gasteiger partial charge >= 0.3 is 5.97 Å². The minimum absolute atomic E-state index is 0.0649. The molecular formula is C15H21NO3S. The molecule has 1 rings (SSSR count). The van der Waals surface area contributed by atoms with Gasteiger partial charge in [0.1, 0.15) is 4.75 Å². The van der Waals surface area contributed by atoms with Gasteiger partial charge in [-0.25, -0.2) is 0 Å². The van der Waals surface area contributed by atoms with Crippen molar-refractivity contribution in [3.8, 4) is 0 Å². The molecule has 0 saturated heterocycles. The molecule has 0 aliphatic carbocycles. The van der Waals surface area contributed by atoms with E-state index in [-0.39, 0.29) is 11.7 Å². The number of aryl methyl sites for hydroxylation is 1. The fraction of sp³-hybridized carbons (Fsp3) is 0.467. The van der Waals surface area contributed by atoms with E-state index in [1.807, 2.05) is 31.2 Å². The topological polar surface area (TPSA) is 57.6 Å². The first-order valence-electron chi connectivity index (χ1n) is 6.39. The number of thioether (sulfide) groups is 1. The molecule has 0 aromatic heterocycles. The lowest BCUT2D eigenvalue weighted by Gasteiger charge is -2.21. The SMILES string of the molecule is Cc1ccc(CN(C)C(=O)CSC(C)(C)C(=O)O)cc1. The van der Waals surface area contributed by atoms with E-state index >= 15 is 0 Å². The van der Waals surface area contributed by atoms with Gasteiger partial charge in [0.15, 0.2) is 0 Å². The molecule has 4 nitrogen and oxygen atoms in total. The molecule has 0 saturated carbocycles. The largest absolute Gasteiger partial charge is 0.480 e. The summed E-state index contributed by atoms with van der Waals surface area (Å²) in [7, 11) is 1.73. The third-order valence-corrected chi connectivity index (χ3v) is 4.33. The van der Waals surface area contributed by atoms with Gasteiger partial charge in [-0.05, 0) is 26.3 Å². The van der Waals surface area contributed by atoms with Crippen LogP contribution in [0.1, 0.15) is 25.0 Å². The number of carboxylic acids is 1. The molecule has 0 fully saturated rings. The van der Waals surface area contributed by atoms with Crippen LogP contribution in [0.2, 0.25) is 0 Å². The predicted octanol–water partition coefficient (Wildman–Crippen LogP) is 2.55. The van der Waals surface area contributed by atoms with Crippen molar-refractivity contribution in [2.75, 3.05) is 12.8 Å². The molecule has 5 heteroatoms. The van der Waals surface area contributed by atoms with E-state index in [9.17, 15) is 9.59 Å². The number of carbonyl (C=O) groups excluding carboxylic acids is 1. The van der Waals surface area contributed by atoms with Gasteiger partial charge < -0.3 is 10.0 Å². The Morgan fingerprint density at radius 1 is 1.25 bits per heavy atom. The summed E-state index contributed by atoms with van der Waals surface area (Å²) in [6.07, 6.45) is 0. The number of rotatable bonds is 6. The van der Waals surface area contributed by atoms with Crippen molar-refractivity contribution in [1.29, 1.82) is 0 Å². The number of carbonyl (C=O) groups is 2. The van der Waals surface area contributed by atoms with Crippen LogP contribution >= 0.6 is 11.8 Å². The van der Waals surface area contributed by atoms with Crippen LogP contribution in [0.4, 0.5) is 0 Å². The van der Waals surface area contributed by atoms with E-state index in [1.165, 1.54) is 5.56 Å². The highest BCUT2D eigenvalue weighted by molar-refractivity contribution is 8.01. The van der Waals surface area contributed by atoms with Crippen molar-refractivity contribution in [2.24, 2.45) is 0 Å². The Labute approximate surface area is 124 Å². The van der Waals surface area contributed by atoms with Crippen LogP contribution in [0.5, 0.6) is 0 Å². The molecule has 1 amide bonds. The zero-order valence-electron chi connectivity index (χ0n) is 12.3. The van der Waals surface area contributed by atoms with Crippen LogP contribution in [0.25, 0.3) is 0 Å². The lowest BCUT2D eigenvalue weighted by Crippen LogP contribution is -2.33. The second-order valence-electron chi connectivity index (χ2n) is 5.34. The van der Waals surface area contributed by atoms with E-state index in [1.54, 1.807) is 25.8 Å². The first-order valence-corrected chi connectivity index (χ1v) is 7.38. The van der Waals surface area contributed by atoms with E-state index < -0.39 is 10.7 Å². The summed E-state index contributed by atoms with van der Waals surface area (Å²) in [6.45, 7) is 5.76. The van der Waals surface area contributed by atoms with Gasteiger partial charge in [-0.1, -0.05) is 29.8 Å². The maximum Gasteiger partial charge on any atom is 0.319 e. The third kappa shape index (κ3) is 4.89. The fourth-order valence-corrected chi connectivity index (χ4v) is 2.30. The lowest BCUT2D eigenvalue weighted by molar-refractivity contribution is -0.138. The Morgan fingerprint density at radius 2 is 1.80 bits per heavy atom. The highest BCUT2D eigenvalue weighted by Crippen LogP contribution is 2.24. The highest BCUT2D eigenvalue weighted by atomic mass is 32.2. The van der Waals surface area contributed by atoms with Gasteiger partial charge in [-0.3, -0.25) is 9.59 Å². The highest BCUT2D eigenvalue weighted by Gasteiger charge is 2.29. The minimum atomic E-state index is -0.944. The number of hydrogen-bond acceptors (Lipinski definition) is 3. The van der Waals surface area contributed by atoms with Gasteiger partial charge in [-0.15, -0.1) is 11.8 Å². The fourth-order valence-electron chi connectivity index (χ4n) is 1.47. The number of hydrogen-bond donors (Lipinski definition) is 1. The number of benzene rings is 1. The molecule has 0 atom stereocenters. The van der Waals surface area contributed by atoms with Gasteiger partial charge in [0.25, 0.3) is 0 Å². The van der Waals surface area contributed by atoms with Crippen LogP contribution in [0.3, 0.4) is 0 Å². The summed E-state index contributed by atoms with van der Waals surface area (Å²) < 4.78 is -0.944. The smallest absolute Gasteiger partial charge is 0.319 e. The van der Waals surface area contributed by atoms with Crippen LogP contribution < -0.4 is 0 Å². The van der Waals surface area contributed by atoms with Crippen LogP contribution in [-0.2, 0) is 16.1 Å². The zero-order valence-corrected chi connectivity index (χ0v) is 13.2. The Hall–Kier alpha value is -1.49. The van der Waals surface area contributed by atoms with Crippen molar-refractivity contribution in [3.05, 3.63) is 35.4 Å². The van der Waals surface area contributed by atoms with Gasteiger partial charge in [0.2, 0.25) is 5.91 Å². The predicted molar refractivity (Wildman–Crippen MR) is 81.8 cm³/mol. The summed E-state index contributed by atoms with van der Waals surface area (Å²) in [6, 6.07) is 8.01. The second kappa shape index (κ2) is 6.79. The molecule has 0 unspecified atom stereocenters. The number of carboxylic acid groups (broad SMARTS) is 1. The summed E-state index contributed by atoms with van der Waals surface area (Å²) >= 11 is 1.15. The van der Waals surface area contributed by atoms with E-state index in [4.69, 9.17) is 5.11 Å². The standard InChI is InChI=1S/C15H21NO3S/c1-11-5-7-12(8-6-11)9-16(4)13(17)10-20-15(2,3)14(18)19/h5-8H,9-10H2,1-4H3,(H,18,19). The van der Waals surface area contributed by atoms with E-state index in [0.29, 0.717) is 6.54 Å². The van der Waals surface area contributed by atoms with E-state index in [2.05, 4.69) is 0 Å². The quantitative estimate of drug-likeness (QED) is 0.876. The average molecular weight is 295 g/mol. The molecule has 0 bridgehead atoms. The molecule has 0 aliphatic heterocycles. The number of amides is 1. The Kier molecular flexibility index (Phi) is 5.62. The summed E-state index contributed by atoms with van der Waals surface area (Å²) in [4.78, 5) is 24.6. The first kappa shape index (κ1) is 16.6. The first-order chi connectivity index (χ1) is 9.22. The minimum Gasteiger partial charge on any atom is -0.480 e. The molecule has 1 N–H and O–H groups in total. The van der Waals surface area contributed by atoms with Crippen LogP contribution in [-0.4, -0.2) is 39.4 Å². The van der Waals surface area contributed by atoms with Crippen molar-refractivity contribution in [3.63, 3.8) is 0 Å². The molecule has 0 spiro atoms. The van der Waals surface area contributed by atoms with Crippen molar-refractivity contribution < 1.29 is 14.7 Å². The number of aliphatic carboxylic acids is 1.